The fraction of sp³-hybridized carbons (Fsp3) is 0.778. The van der Waals surface area contributed by atoms with Crippen LogP contribution in [0.15, 0.2) is 23.4 Å². The lowest BCUT2D eigenvalue weighted by Gasteiger charge is -2.32. The molecule has 216 valence electrons. The highest BCUT2D eigenvalue weighted by Gasteiger charge is 2.52. The molecule has 0 N–H and O–H groups in total. The number of ether oxygens (including phenoxy) is 4. The summed E-state index contributed by atoms with van der Waals surface area (Å²) in [6.45, 7) is 24.0. The summed E-state index contributed by atoms with van der Waals surface area (Å²) in [4.78, 5) is 27.1. The van der Waals surface area contributed by atoms with Crippen molar-refractivity contribution in [2.45, 2.75) is 98.6 Å². The van der Waals surface area contributed by atoms with Crippen molar-refractivity contribution in [3.63, 3.8) is 0 Å². The lowest BCUT2D eigenvalue weighted by atomic mass is 9.79. The van der Waals surface area contributed by atoms with Crippen LogP contribution >= 0.6 is 0 Å². The zero-order chi connectivity index (χ0) is 28.9. The van der Waals surface area contributed by atoms with E-state index in [9.17, 15) is 9.59 Å². The maximum Gasteiger partial charge on any atom is 0.494 e. The van der Waals surface area contributed by atoms with Crippen molar-refractivity contribution >= 4 is 19.3 Å². The Kier molecular flexibility index (Phi) is 10.5. The van der Waals surface area contributed by atoms with Crippen LogP contribution in [0.4, 0.5) is 9.59 Å². The third-order valence-electron chi connectivity index (χ3n) is 6.06. The first-order chi connectivity index (χ1) is 17.3. The molecule has 3 rings (SSSR count). The molecule has 0 aromatic rings. The lowest BCUT2D eigenvalue weighted by molar-refractivity contribution is 0.00578. The first kappa shape index (κ1) is 32.1. The molecule has 3 aliphatic heterocycles. The Balaban J connectivity index is 0.000000293. The first-order valence-electron chi connectivity index (χ1n) is 13.2. The van der Waals surface area contributed by atoms with Crippen LogP contribution in [-0.2, 0) is 28.3 Å². The molecule has 0 aromatic carbocycles. The van der Waals surface area contributed by atoms with E-state index >= 15 is 0 Å². The predicted octanol–water partition coefficient (Wildman–Crippen LogP) is 4.93. The third-order valence-corrected chi connectivity index (χ3v) is 6.06. The fourth-order valence-electron chi connectivity index (χ4n) is 3.47. The van der Waals surface area contributed by atoms with Crippen molar-refractivity contribution in [2.24, 2.45) is 0 Å². The Morgan fingerprint density at radius 1 is 0.789 bits per heavy atom. The SMILES string of the molecule is CC(C)(C)OC(=O)N1C=C(B2OC(C)(C)C(C)(C)O2)COCC1.CC1=CN(C(=O)OC(C)(C)C)CCOC1. The largest absolute Gasteiger partial charge is 0.494 e. The summed E-state index contributed by atoms with van der Waals surface area (Å²) in [7, 11) is -0.525. The molecule has 2 amide bonds. The number of carbonyl (C=O) groups excluding carboxylic acids is 2. The van der Waals surface area contributed by atoms with Crippen molar-refractivity contribution in [1.29, 1.82) is 0 Å². The van der Waals surface area contributed by atoms with Gasteiger partial charge in [0.1, 0.15) is 11.2 Å². The lowest BCUT2D eigenvalue weighted by Crippen LogP contribution is -2.41. The van der Waals surface area contributed by atoms with Crippen LogP contribution in [0.5, 0.6) is 0 Å². The van der Waals surface area contributed by atoms with Gasteiger partial charge in [-0.15, -0.1) is 0 Å². The van der Waals surface area contributed by atoms with Gasteiger partial charge in [-0.3, -0.25) is 9.80 Å². The summed E-state index contributed by atoms with van der Waals surface area (Å²) in [5, 5.41) is 0. The quantitative estimate of drug-likeness (QED) is 0.434. The molecule has 0 aromatic heterocycles. The third kappa shape index (κ3) is 9.91. The van der Waals surface area contributed by atoms with E-state index in [0.717, 1.165) is 11.0 Å². The Morgan fingerprint density at radius 2 is 1.21 bits per heavy atom. The summed E-state index contributed by atoms with van der Waals surface area (Å²) in [6, 6.07) is 0. The standard InChI is InChI=1S/C16H28BNO5.C11H19NO3/c1-14(2,3)21-13(19)18-8-9-20-11-12(10-18)17-22-15(4,5)16(6,7)23-17;1-9-7-12(5-6-14-8-9)10(13)15-11(2,3)4/h10H,8-9,11H2,1-7H3;7H,5-6,8H2,1-4H3. The van der Waals surface area contributed by atoms with Crippen molar-refractivity contribution < 1.29 is 37.8 Å². The number of carbonyl (C=O) groups is 2. The number of hydrogen-bond donors (Lipinski definition) is 0. The van der Waals surface area contributed by atoms with E-state index in [1.54, 1.807) is 17.3 Å². The van der Waals surface area contributed by atoms with Crippen LogP contribution < -0.4 is 0 Å². The smallest absolute Gasteiger partial charge is 0.443 e. The van der Waals surface area contributed by atoms with E-state index in [-0.39, 0.29) is 6.09 Å². The molecule has 1 fully saturated rings. The molecule has 0 saturated carbocycles. The van der Waals surface area contributed by atoms with Crippen LogP contribution in [0.3, 0.4) is 0 Å². The monoisotopic (exact) mass is 538 g/mol. The van der Waals surface area contributed by atoms with Gasteiger partial charge in [0.15, 0.2) is 0 Å². The Morgan fingerprint density at radius 3 is 1.66 bits per heavy atom. The van der Waals surface area contributed by atoms with Gasteiger partial charge in [-0.2, -0.15) is 0 Å². The molecule has 1 saturated heterocycles. The van der Waals surface area contributed by atoms with Gasteiger partial charge >= 0.3 is 19.3 Å². The number of amides is 2. The van der Waals surface area contributed by atoms with E-state index in [1.807, 2.05) is 76.2 Å². The van der Waals surface area contributed by atoms with Gasteiger partial charge in [0.2, 0.25) is 0 Å². The zero-order valence-electron chi connectivity index (χ0n) is 25.1. The van der Waals surface area contributed by atoms with Crippen molar-refractivity contribution in [2.75, 3.05) is 39.5 Å². The highest BCUT2D eigenvalue weighted by Crippen LogP contribution is 2.38. The highest BCUT2D eigenvalue weighted by molar-refractivity contribution is 6.54. The topological polar surface area (TPSA) is 96.0 Å². The molecule has 0 unspecified atom stereocenters. The van der Waals surface area contributed by atoms with Gasteiger partial charge in [0.05, 0.1) is 50.7 Å². The van der Waals surface area contributed by atoms with Crippen molar-refractivity contribution in [3.05, 3.63) is 23.4 Å². The van der Waals surface area contributed by atoms with E-state index in [0.29, 0.717) is 39.5 Å². The van der Waals surface area contributed by atoms with Gasteiger partial charge in [0.25, 0.3) is 0 Å². The maximum atomic E-state index is 12.3. The number of nitrogens with zero attached hydrogens (tertiary/aromatic N) is 2. The maximum absolute atomic E-state index is 12.3. The summed E-state index contributed by atoms with van der Waals surface area (Å²) >= 11 is 0. The molecule has 38 heavy (non-hydrogen) atoms. The molecular weight excluding hydrogens is 491 g/mol. The van der Waals surface area contributed by atoms with Crippen LogP contribution in [-0.4, -0.2) is 91.0 Å². The predicted molar refractivity (Wildman–Crippen MR) is 145 cm³/mol. The molecule has 3 aliphatic rings. The van der Waals surface area contributed by atoms with Gasteiger partial charge in [-0.25, -0.2) is 9.59 Å². The molecule has 3 heterocycles. The zero-order valence-corrected chi connectivity index (χ0v) is 25.1. The summed E-state index contributed by atoms with van der Waals surface area (Å²) < 4.78 is 33.7. The minimum Gasteiger partial charge on any atom is -0.443 e. The van der Waals surface area contributed by atoms with Gasteiger partial charge in [-0.05, 0) is 81.7 Å². The summed E-state index contributed by atoms with van der Waals surface area (Å²) in [6.07, 6.45) is 2.83. The summed E-state index contributed by atoms with van der Waals surface area (Å²) in [5.41, 5.74) is -0.0390. The number of rotatable bonds is 1. The first-order valence-corrected chi connectivity index (χ1v) is 13.2. The Labute approximate surface area is 228 Å². The van der Waals surface area contributed by atoms with E-state index in [2.05, 4.69) is 0 Å². The van der Waals surface area contributed by atoms with E-state index < -0.39 is 35.6 Å². The second-order valence-electron chi connectivity index (χ2n) is 12.7. The van der Waals surface area contributed by atoms with Gasteiger partial charge in [0, 0.05) is 17.9 Å². The molecule has 11 heteroatoms. The average Bonchev–Trinajstić information content (AvgIpc) is 2.99. The Hall–Kier alpha value is -2.08. The Bertz CT molecular complexity index is 886. The normalized spacial score (nSPS) is 21.8. The minimum atomic E-state index is -0.539. The van der Waals surface area contributed by atoms with E-state index in [4.69, 9.17) is 28.3 Å². The van der Waals surface area contributed by atoms with Gasteiger partial charge < -0.3 is 28.3 Å². The second kappa shape index (κ2) is 12.4. The van der Waals surface area contributed by atoms with Crippen molar-refractivity contribution in [3.8, 4) is 0 Å². The van der Waals surface area contributed by atoms with Crippen LogP contribution in [0.2, 0.25) is 0 Å². The molecular formula is C27H47BN2O8. The molecule has 10 nitrogen and oxygen atoms in total. The molecule has 0 aliphatic carbocycles. The van der Waals surface area contributed by atoms with Crippen LogP contribution in [0.1, 0.15) is 76.2 Å². The highest BCUT2D eigenvalue weighted by atomic mass is 16.7. The van der Waals surface area contributed by atoms with Crippen LogP contribution in [0, 0.1) is 0 Å². The van der Waals surface area contributed by atoms with E-state index in [1.165, 1.54) is 4.90 Å². The fourth-order valence-corrected chi connectivity index (χ4v) is 3.47. The summed E-state index contributed by atoms with van der Waals surface area (Å²) in [5.74, 6) is 0. The second-order valence-corrected chi connectivity index (χ2v) is 12.7. The molecule has 0 atom stereocenters. The molecule has 0 bridgehead atoms. The van der Waals surface area contributed by atoms with Crippen molar-refractivity contribution in [1.82, 2.24) is 9.80 Å². The molecule has 0 radical (unpaired) electrons. The minimum absolute atomic E-state index is 0.313. The van der Waals surface area contributed by atoms with Gasteiger partial charge in [-0.1, -0.05) is 0 Å². The number of hydrogen-bond acceptors (Lipinski definition) is 8. The average molecular weight is 538 g/mol. The molecule has 0 spiro atoms. The van der Waals surface area contributed by atoms with Crippen LogP contribution in [0.25, 0.3) is 0 Å².